The third-order valence-corrected chi connectivity index (χ3v) is 2.90. The van der Waals surface area contributed by atoms with Gasteiger partial charge in [0.15, 0.2) is 5.69 Å². The third-order valence-electron chi connectivity index (χ3n) is 2.90. The summed E-state index contributed by atoms with van der Waals surface area (Å²) in [4.78, 5) is 27.1. The van der Waals surface area contributed by atoms with Gasteiger partial charge >= 0.3 is 0 Å². The van der Waals surface area contributed by atoms with Crippen LogP contribution in [-0.2, 0) is 11.2 Å². The van der Waals surface area contributed by atoms with Gasteiger partial charge in [0, 0.05) is 11.8 Å². The lowest BCUT2D eigenvalue weighted by Gasteiger charge is -2.09. The van der Waals surface area contributed by atoms with Crippen LogP contribution in [0, 0.1) is 6.92 Å². The Balaban J connectivity index is 2.16. The molecule has 0 aliphatic heterocycles. The predicted molar refractivity (Wildman–Crippen MR) is 77.9 cm³/mol. The number of amides is 2. The molecule has 0 saturated heterocycles. The lowest BCUT2D eigenvalue weighted by molar-refractivity contribution is -0.115. The molecule has 0 aliphatic carbocycles. The van der Waals surface area contributed by atoms with Gasteiger partial charge in [-0.3, -0.25) is 9.59 Å². The molecular weight excluding hydrogens is 270 g/mol. The Bertz CT molecular complexity index is 698. The number of rotatable bonds is 4. The first kappa shape index (κ1) is 14.5. The maximum atomic E-state index is 12.0. The minimum atomic E-state index is -0.718. The molecule has 0 spiro atoms. The number of aromatic nitrogens is 1. The van der Waals surface area contributed by atoms with Crippen molar-refractivity contribution in [3.63, 3.8) is 0 Å². The second kappa shape index (κ2) is 6.04. The fourth-order valence-electron chi connectivity index (χ4n) is 1.93. The van der Waals surface area contributed by atoms with Crippen molar-refractivity contribution in [2.75, 3.05) is 5.32 Å². The molecule has 2 amide bonds. The average Bonchev–Trinajstić information content (AvgIpc) is 2.43. The van der Waals surface area contributed by atoms with E-state index in [1.54, 1.807) is 24.3 Å². The molecule has 1 heterocycles. The quantitative estimate of drug-likeness (QED) is 0.789. The molecule has 0 bridgehead atoms. The van der Waals surface area contributed by atoms with Crippen molar-refractivity contribution < 1.29 is 14.7 Å². The molecule has 0 aliphatic rings. The van der Waals surface area contributed by atoms with Crippen LogP contribution >= 0.6 is 0 Å². The highest BCUT2D eigenvalue weighted by Crippen LogP contribution is 2.19. The Hall–Kier alpha value is -2.89. The number of hydrogen-bond donors (Lipinski definition) is 3. The monoisotopic (exact) mass is 285 g/mol. The van der Waals surface area contributed by atoms with Gasteiger partial charge in [0.05, 0.1) is 12.1 Å². The van der Waals surface area contributed by atoms with Crippen LogP contribution in [0.3, 0.4) is 0 Å². The normalized spacial score (nSPS) is 10.1. The number of nitrogens with zero attached hydrogens (tertiary/aromatic N) is 1. The maximum Gasteiger partial charge on any atom is 0.269 e. The third kappa shape index (κ3) is 3.56. The van der Waals surface area contributed by atoms with Gasteiger partial charge in [-0.15, -0.1) is 0 Å². The number of benzene rings is 1. The van der Waals surface area contributed by atoms with Gasteiger partial charge in [-0.05, 0) is 25.1 Å². The van der Waals surface area contributed by atoms with E-state index in [0.29, 0.717) is 5.56 Å². The predicted octanol–water partition coefficient (Wildman–Crippen LogP) is 1.38. The van der Waals surface area contributed by atoms with E-state index in [9.17, 15) is 14.7 Å². The molecule has 0 radical (unpaired) electrons. The Morgan fingerprint density at radius 3 is 2.81 bits per heavy atom. The Labute approximate surface area is 121 Å². The van der Waals surface area contributed by atoms with Gasteiger partial charge < -0.3 is 16.2 Å². The molecule has 0 unspecified atom stereocenters. The van der Waals surface area contributed by atoms with Gasteiger partial charge in [0.25, 0.3) is 5.91 Å². The molecule has 6 heteroatoms. The molecule has 0 atom stereocenters. The number of carbonyl (C=O) groups is 2. The number of nitrogens with one attached hydrogen (secondary N) is 1. The summed E-state index contributed by atoms with van der Waals surface area (Å²) in [6.45, 7) is 1.87. The van der Waals surface area contributed by atoms with E-state index >= 15 is 0 Å². The first-order valence-electron chi connectivity index (χ1n) is 6.30. The van der Waals surface area contributed by atoms with Crippen LogP contribution in [0.25, 0.3) is 0 Å². The van der Waals surface area contributed by atoms with E-state index in [4.69, 9.17) is 5.73 Å². The van der Waals surface area contributed by atoms with Crippen LogP contribution in [0.2, 0.25) is 0 Å². The summed E-state index contributed by atoms with van der Waals surface area (Å²) in [6.07, 6.45) is 1.41. The number of carbonyl (C=O) groups excluding carboxylic acids is 2. The van der Waals surface area contributed by atoms with E-state index in [2.05, 4.69) is 10.3 Å². The summed E-state index contributed by atoms with van der Waals surface area (Å²) in [5, 5.41) is 12.3. The van der Waals surface area contributed by atoms with E-state index in [-0.39, 0.29) is 29.5 Å². The van der Waals surface area contributed by atoms with Crippen molar-refractivity contribution in [1.29, 1.82) is 0 Å². The molecule has 108 valence electrons. The highest BCUT2D eigenvalue weighted by Gasteiger charge is 2.13. The molecule has 1 aromatic carbocycles. The summed E-state index contributed by atoms with van der Waals surface area (Å²) < 4.78 is 0. The molecule has 0 fully saturated rings. The Morgan fingerprint density at radius 2 is 2.10 bits per heavy atom. The number of hydrogen-bond acceptors (Lipinski definition) is 4. The minimum Gasteiger partial charge on any atom is -0.508 e. The number of aromatic hydroxyl groups is 1. The molecule has 2 rings (SSSR count). The summed E-state index contributed by atoms with van der Waals surface area (Å²) in [5.74, 6) is -1.03. The summed E-state index contributed by atoms with van der Waals surface area (Å²) in [7, 11) is 0. The number of phenolic OH excluding ortho intramolecular Hbond substituents is 1. The lowest BCUT2D eigenvalue weighted by atomic mass is 10.1. The summed E-state index contributed by atoms with van der Waals surface area (Å²) >= 11 is 0. The largest absolute Gasteiger partial charge is 0.508 e. The van der Waals surface area contributed by atoms with Crippen molar-refractivity contribution in [2.24, 2.45) is 5.73 Å². The van der Waals surface area contributed by atoms with Gasteiger partial charge in [-0.2, -0.15) is 0 Å². The second-order valence-electron chi connectivity index (χ2n) is 4.62. The molecule has 0 saturated carbocycles. The number of nitrogens with two attached hydrogens (primary N) is 1. The standard InChI is InChI=1S/C15H15N3O3/c1-9-4-5-12(19)10(7-9)8-13(20)18-11-3-2-6-17-14(11)15(16)21/h2-7,19H,8H2,1H3,(H2,16,21)(H,18,20). The number of aryl methyl sites for hydroxylation is 1. The van der Waals surface area contributed by atoms with Crippen LogP contribution in [0.5, 0.6) is 5.75 Å². The number of phenols is 1. The summed E-state index contributed by atoms with van der Waals surface area (Å²) in [5.41, 5.74) is 6.90. The highest BCUT2D eigenvalue weighted by atomic mass is 16.3. The molecule has 1 aromatic heterocycles. The van der Waals surface area contributed by atoms with E-state index < -0.39 is 5.91 Å². The molecule has 2 aromatic rings. The molecule has 6 nitrogen and oxygen atoms in total. The average molecular weight is 285 g/mol. The minimum absolute atomic E-state index is 0.000635. The molecule has 4 N–H and O–H groups in total. The van der Waals surface area contributed by atoms with Gasteiger partial charge in [0.1, 0.15) is 5.75 Å². The zero-order valence-corrected chi connectivity index (χ0v) is 11.5. The lowest BCUT2D eigenvalue weighted by Crippen LogP contribution is -2.20. The summed E-state index contributed by atoms with van der Waals surface area (Å²) in [6, 6.07) is 8.15. The second-order valence-corrected chi connectivity index (χ2v) is 4.62. The van der Waals surface area contributed by atoms with Crippen molar-refractivity contribution in [2.45, 2.75) is 13.3 Å². The van der Waals surface area contributed by atoms with Crippen LogP contribution < -0.4 is 11.1 Å². The van der Waals surface area contributed by atoms with E-state index in [1.165, 1.54) is 12.3 Å². The van der Waals surface area contributed by atoms with Crippen LogP contribution in [0.1, 0.15) is 21.6 Å². The van der Waals surface area contributed by atoms with Gasteiger partial charge in [-0.1, -0.05) is 17.7 Å². The zero-order chi connectivity index (χ0) is 15.4. The topological polar surface area (TPSA) is 105 Å². The van der Waals surface area contributed by atoms with Crippen molar-refractivity contribution in [3.8, 4) is 5.75 Å². The fourth-order valence-corrected chi connectivity index (χ4v) is 1.93. The molecule has 21 heavy (non-hydrogen) atoms. The zero-order valence-electron chi connectivity index (χ0n) is 11.5. The smallest absolute Gasteiger partial charge is 0.269 e. The van der Waals surface area contributed by atoms with Gasteiger partial charge in [-0.25, -0.2) is 4.98 Å². The highest BCUT2D eigenvalue weighted by molar-refractivity contribution is 6.01. The van der Waals surface area contributed by atoms with Crippen LogP contribution in [-0.4, -0.2) is 21.9 Å². The van der Waals surface area contributed by atoms with Gasteiger partial charge in [0.2, 0.25) is 5.91 Å². The Morgan fingerprint density at radius 1 is 1.33 bits per heavy atom. The van der Waals surface area contributed by atoms with Crippen molar-refractivity contribution >= 4 is 17.5 Å². The van der Waals surface area contributed by atoms with E-state index in [0.717, 1.165) is 5.56 Å². The maximum absolute atomic E-state index is 12.0. The number of primary amides is 1. The number of anilines is 1. The molecular formula is C15H15N3O3. The van der Waals surface area contributed by atoms with Crippen molar-refractivity contribution in [1.82, 2.24) is 4.98 Å². The van der Waals surface area contributed by atoms with Crippen molar-refractivity contribution in [3.05, 3.63) is 53.3 Å². The fraction of sp³-hybridized carbons (Fsp3) is 0.133. The Kier molecular flexibility index (Phi) is 4.18. The van der Waals surface area contributed by atoms with Crippen LogP contribution in [0.4, 0.5) is 5.69 Å². The van der Waals surface area contributed by atoms with E-state index in [1.807, 2.05) is 6.92 Å². The first-order valence-corrected chi connectivity index (χ1v) is 6.30. The SMILES string of the molecule is Cc1ccc(O)c(CC(=O)Nc2cccnc2C(N)=O)c1. The van der Waals surface area contributed by atoms with Crippen LogP contribution in [0.15, 0.2) is 36.5 Å². The first-order chi connectivity index (χ1) is 9.97. The number of pyridine rings is 1.